The molecule has 1 aliphatic rings. The maximum Gasteiger partial charge on any atom is 0.335 e. The van der Waals surface area contributed by atoms with E-state index in [1.54, 1.807) is 17.0 Å². The quantitative estimate of drug-likeness (QED) is 0.852. The Kier molecular flexibility index (Phi) is 3.19. The molecule has 0 aromatic heterocycles. The molecule has 1 aliphatic heterocycles. The van der Waals surface area contributed by atoms with Gasteiger partial charge >= 0.3 is 5.97 Å². The zero-order valence-corrected chi connectivity index (χ0v) is 10.9. The van der Waals surface area contributed by atoms with Gasteiger partial charge in [-0.05, 0) is 30.7 Å². The molecule has 0 radical (unpaired) electrons. The Bertz CT molecular complexity index is 487. The molecule has 1 unspecified atom stereocenters. The second-order valence-electron chi connectivity index (χ2n) is 4.11. The van der Waals surface area contributed by atoms with Crippen molar-refractivity contribution in [1.29, 1.82) is 0 Å². The highest BCUT2D eigenvalue weighted by Crippen LogP contribution is 2.28. The number of anilines is 1. The second-order valence-corrected chi connectivity index (χ2v) is 5.41. The third kappa shape index (κ3) is 2.34. The van der Waals surface area contributed by atoms with Gasteiger partial charge in [0, 0.05) is 23.5 Å². The lowest BCUT2D eigenvalue weighted by Gasteiger charge is -2.18. The van der Waals surface area contributed by atoms with Crippen molar-refractivity contribution in [3.8, 4) is 0 Å². The molecule has 1 saturated heterocycles. The van der Waals surface area contributed by atoms with Gasteiger partial charge in [0.2, 0.25) is 5.91 Å². The van der Waals surface area contributed by atoms with Crippen LogP contribution in [-0.2, 0) is 4.79 Å². The van der Waals surface area contributed by atoms with Gasteiger partial charge in [0.15, 0.2) is 0 Å². The van der Waals surface area contributed by atoms with E-state index in [0.717, 1.165) is 11.3 Å². The first kappa shape index (κ1) is 12.1. The summed E-state index contributed by atoms with van der Waals surface area (Å²) in [6, 6.07) is 4.81. The van der Waals surface area contributed by atoms with E-state index < -0.39 is 5.97 Å². The van der Waals surface area contributed by atoms with Gasteiger partial charge in [-0.3, -0.25) is 4.79 Å². The molecule has 1 atom stereocenters. The summed E-state index contributed by atoms with van der Waals surface area (Å²) in [6.07, 6.45) is 0.486. The summed E-state index contributed by atoms with van der Waals surface area (Å²) in [4.78, 5) is 24.4. The van der Waals surface area contributed by atoms with Gasteiger partial charge in [-0.1, -0.05) is 15.9 Å². The minimum atomic E-state index is -0.953. The Morgan fingerprint density at radius 1 is 1.53 bits per heavy atom. The number of alkyl halides is 1. The van der Waals surface area contributed by atoms with Crippen LogP contribution >= 0.6 is 15.9 Å². The molecule has 90 valence electrons. The number of hydrogen-bond acceptors (Lipinski definition) is 2. The number of rotatable bonds is 2. The van der Waals surface area contributed by atoms with Gasteiger partial charge in [-0.25, -0.2) is 4.79 Å². The van der Waals surface area contributed by atoms with Crippen molar-refractivity contribution < 1.29 is 14.7 Å². The number of aromatic carboxylic acids is 1. The first-order valence-electron chi connectivity index (χ1n) is 5.27. The molecule has 1 aromatic carbocycles. The van der Waals surface area contributed by atoms with E-state index in [0.29, 0.717) is 13.0 Å². The van der Waals surface area contributed by atoms with Crippen LogP contribution in [0.25, 0.3) is 0 Å². The zero-order chi connectivity index (χ0) is 12.6. The van der Waals surface area contributed by atoms with Crippen molar-refractivity contribution in [1.82, 2.24) is 0 Å². The number of carboxylic acid groups (broad SMARTS) is 1. The summed E-state index contributed by atoms with van der Waals surface area (Å²) in [6.45, 7) is 2.45. The number of carbonyl (C=O) groups is 2. The molecule has 1 N–H and O–H groups in total. The van der Waals surface area contributed by atoms with Gasteiger partial charge in [0.1, 0.15) is 0 Å². The van der Waals surface area contributed by atoms with Crippen molar-refractivity contribution >= 4 is 33.5 Å². The van der Waals surface area contributed by atoms with Crippen LogP contribution in [0, 0.1) is 6.92 Å². The standard InChI is InChI=1S/C12H12BrNO3/c1-7-4-8(12(16)17)2-3-10(7)14-6-9(13)5-11(14)15/h2-4,9H,5-6H2,1H3,(H,16,17). The van der Waals surface area contributed by atoms with Gasteiger partial charge in [-0.2, -0.15) is 0 Å². The average molecular weight is 298 g/mol. The largest absolute Gasteiger partial charge is 0.478 e. The van der Waals surface area contributed by atoms with Crippen LogP contribution in [-0.4, -0.2) is 28.4 Å². The Hall–Kier alpha value is -1.36. The molecular weight excluding hydrogens is 286 g/mol. The molecule has 0 saturated carbocycles. The maximum atomic E-state index is 11.7. The Morgan fingerprint density at radius 3 is 2.71 bits per heavy atom. The topological polar surface area (TPSA) is 57.6 Å². The Labute approximate surface area is 107 Å². The fraction of sp³-hybridized carbons (Fsp3) is 0.333. The molecule has 1 fully saturated rings. The van der Waals surface area contributed by atoms with Gasteiger partial charge in [0.25, 0.3) is 0 Å². The lowest BCUT2D eigenvalue weighted by Crippen LogP contribution is -2.25. The summed E-state index contributed by atoms with van der Waals surface area (Å²) in [5.74, 6) is -0.885. The summed E-state index contributed by atoms with van der Waals surface area (Å²) < 4.78 is 0. The first-order chi connectivity index (χ1) is 7.99. The van der Waals surface area contributed by atoms with Crippen molar-refractivity contribution in [3.05, 3.63) is 29.3 Å². The van der Waals surface area contributed by atoms with E-state index in [2.05, 4.69) is 15.9 Å². The van der Waals surface area contributed by atoms with Crippen LogP contribution in [0.4, 0.5) is 5.69 Å². The number of carboxylic acids is 1. The van der Waals surface area contributed by atoms with Crippen molar-refractivity contribution in [2.24, 2.45) is 0 Å². The summed E-state index contributed by atoms with van der Waals surface area (Å²) in [5, 5.41) is 8.87. The Morgan fingerprint density at radius 2 is 2.24 bits per heavy atom. The molecule has 2 rings (SSSR count). The normalized spacial score (nSPS) is 19.8. The molecule has 1 amide bonds. The fourth-order valence-corrected chi connectivity index (χ4v) is 2.55. The van der Waals surface area contributed by atoms with Gasteiger partial charge in [0.05, 0.1) is 5.56 Å². The third-order valence-corrected chi connectivity index (χ3v) is 3.43. The highest BCUT2D eigenvalue weighted by Gasteiger charge is 2.29. The summed E-state index contributed by atoms with van der Waals surface area (Å²) >= 11 is 3.42. The zero-order valence-electron chi connectivity index (χ0n) is 9.31. The van der Waals surface area contributed by atoms with Crippen molar-refractivity contribution in [2.75, 3.05) is 11.4 Å². The summed E-state index contributed by atoms with van der Waals surface area (Å²) in [5.41, 5.74) is 1.84. The predicted molar refractivity (Wildman–Crippen MR) is 67.8 cm³/mol. The minimum absolute atomic E-state index is 0.0676. The van der Waals surface area contributed by atoms with Gasteiger partial charge in [-0.15, -0.1) is 0 Å². The number of nitrogens with zero attached hydrogens (tertiary/aromatic N) is 1. The lowest BCUT2D eigenvalue weighted by atomic mass is 10.1. The van der Waals surface area contributed by atoms with E-state index in [4.69, 9.17) is 5.11 Å². The van der Waals surface area contributed by atoms with E-state index >= 15 is 0 Å². The molecule has 0 bridgehead atoms. The minimum Gasteiger partial charge on any atom is -0.478 e. The van der Waals surface area contributed by atoms with Crippen LogP contribution in [0.2, 0.25) is 0 Å². The molecule has 0 aliphatic carbocycles. The molecular formula is C12H12BrNO3. The molecule has 4 nitrogen and oxygen atoms in total. The summed E-state index contributed by atoms with van der Waals surface area (Å²) in [7, 11) is 0. The molecule has 5 heteroatoms. The molecule has 0 spiro atoms. The van der Waals surface area contributed by atoms with Crippen LogP contribution in [0.3, 0.4) is 0 Å². The second kappa shape index (κ2) is 4.49. The monoisotopic (exact) mass is 297 g/mol. The molecule has 17 heavy (non-hydrogen) atoms. The molecule has 1 aromatic rings. The van der Waals surface area contributed by atoms with Gasteiger partial charge < -0.3 is 10.0 Å². The average Bonchev–Trinajstić information content (AvgIpc) is 2.57. The third-order valence-electron chi connectivity index (χ3n) is 2.81. The smallest absolute Gasteiger partial charge is 0.335 e. The van der Waals surface area contributed by atoms with E-state index in [-0.39, 0.29) is 16.3 Å². The van der Waals surface area contributed by atoms with Crippen LogP contribution in [0.1, 0.15) is 22.3 Å². The fourth-order valence-electron chi connectivity index (χ4n) is 1.99. The first-order valence-corrected chi connectivity index (χ1v) is 6.19. The number of amides is 1. The predicted octanol–water partition coefficient (Wildman–Crippen LogP) is 2.19. The van der Waals surface area contributed by atoms with E-state index in [9.17, 15) is 9.59 Å². The highest BCUT2D eigenvalue weighted by molar-refractivity contribution is 9.09. The van der Waals surface area contributed by atoms with Crippen molar-refractivity contribution in [3.63, 3.8) is 0 Å². The lowest BCUT2D eigenvalue weighted by molar-refractivity contribution is -0.117. The number of aryl methyl sites for hydroxylation is 1. The van der Waals surface area contributed by atoms with Crippen LogP contribution < -0.4 is 4.90 Å². The van der Waals surface area contributed by atoms with E-state index in [1.165, 1.54) is 6.07 Å². The number of benzene rings is 1. The van der Waals surface area contributed by atoms with Crippen molar-refractivity contribution in [2.45, 2.75) is 18.2 Å². The number of hydrogen-bond donors (Lipinski definition) is 1. The number of carbonyl (C=O) groups excluding carboxylic acids is 1. The highest BCUT2D eigenvalue weighted by atomic mass is 79.9. The molecule has 1 heterocycles. The van der Waals surface area contributed by atoms with E-state index in [1.807, 2.05) is 6.92 Å². The Balaban J connectivity index is 2.34. The SMILES string of the molecule is Cc1cc(C(=O)O)ccc1N1CC(Br)CC1=O. The van der Waals surface area contributed by atoms with Crippen LogP contribution in [0.15, 0.2) is 18.2 Å². The van der Waals surface area contributed by atoms with Crippen LogP contribution in [0.5, 0.6) is 0 Å². The number of halogens is 1. The maximum absolute atomic E-state index is 11.7.